The van der Waals surface area contributed by atoms with Crippen molar-refractivity contribution in [2.24, 2.45) is 0 Å². The lowest BCUT2D eigenvalue weighted by atomic mass is 10.1. The maximum Gasteiger partial charge on any atom is 0.224 e. The number of fused-ring (bicyclic) bond motifs is 1. The number of amides is 1. The minimum Gasteiger partial charge on any atom is -0.326 e. The number of nitrogens with zero attached hydrogens (tertiary/aromatic N) is 2. The highest BCUT2D eigenvalue weighted by Crippen LogP contribution is 2.16. The van der Waals surface area contributed by atoms with Crippen molar-refractivity contribution in [1.29, 1.82) is 0 Å². The number of aromatic nitrogens is 2. The Morgan fingerprint density at radius 3 is 2.61 bits per heavy atom. The van der Waals surface area contributed by atoms with Gasteiger partial charge in [0.15, 0.2) is 0 Å². The number of benzene rings is 1. The Morgan fingerprint density at radius 1 is 1.13 bits per heavy atom. The average Bonchev–Trinajstić information content (AvgIpc) is 2.79. The SMILES string of the molecule is Cc1cc(C)cc(NC(=O)CCc2c(C)nc3ccccn23)c1. The summed E-state index contributed by atoms with van der Waals surface area (Å²) < 4.78 is 2.05. The van der Waals surface area contributed by atoms with E-state index in [1.807, 2.05) is 57.3 Å². The van der Waals surface area contributed by atoms with Crippen LogP contribution in [0.3, 0.4) is 0 Å². The molecular weight excluding hydrogens is 286 g/mol. The van der Waals surface area contributed by atoms with Gasteiger partial charge in [0.1, 0.15) is 5.65 Å². The van der Waals surface area contributed by atoms with Gasteiger partial charge in [-0.1, -0.05) is 12.1 Å². The van der Waals surface area contributed by atoms with Gasteiger partial charge in [0.05, 0.1) is 5.69 Å². The van der Waals surface area contributed by atoms with Crippen molar-refractivity contribution in [1.82, 2.24) is 9.38 Å². The molecule has 0 saturated heterocycles. The third-order valence-corrected chi connectivity index (χ3v) is 3.92. The molecule has 23 heavy (non-hydrogen) atoms. The first kappa shape index (κ1) is 15.3. The first-order valence-electron chi connectivity index (χ1n) is 7.83. The van der Waals surface area contributed by atoms with Crippen LogP contribution in [0, 0.1) is 20.8 Å². The summed E-state index contributed by atoms with van der Waals surface area (Å²) in [5.74, 6) is 0.0280. The number of anilines is 1. The van der Waals surface area contributed by atoms with Crippen LogP contribution >= 0.6 is 0 Å². The summed E-state index contributed by atoms with van der Waals surface area (Å²) in [5.41, 5.74) is 6.17. The Kier molecular flexibility index (Phi) is 4.15. The Morgan fingerprint density at radius 2 is 1.87 bits per heavy atom. The largest absolute Gasteiger partial charge is 0.326 e. The van der Waals surface area contributed by atoms with E-state index in [-0.39, 0.29) is 5.91 Å². The van der Waals surface area contributed by atoms with Crippen LogP contribution < -0.4 is 5.32 Å². The van der Waals surface area contributed by atoms with Gasteiger partial charge in [0.2, 0.25) is 5.91 Å². The van der Waals surface area contributed by atoms with Crippen LogP contribution in [-0.4, -0.2) is 15.3 Å². The Balaban J connectivity index is 1.70. The maximum absolute atomic E-state index is 12.2. The smallest absolute Gasteiger partial charge is 0.224 e. The lowest BCUT2D eigenvalue weighted by Crippen LogP contribution is -2.13. The number of nitrogens with one attached hydrogen (secondary N) is 1. The molecule has 0 unspecified atom stereocenters. The summed E-state index contributed by atoms with van der Waals surface area (Å²) >= 11 is 0. The second-order valence-electron chi connectivity index (χ2n) is 6.00. The van der Waals surface area contributed by atoms with Crippen LogP contribution in [0.15, 0.2) is 42.6 Å². The fourth-order valence-electron chi connectivity index (χ4n) is 2.97. The second-order valence-corrected chi connectivity index (χ2v) is 6.00. The molecule has 3 rings (SSSR count). The average molecular weight is 307 g/mol. The van der Waals surface area contributed by atoms with Crippen LogP contribution in [0.2, 0.25) is 0 Å². The van der Waals surface area contributed by atoms with E-state index in [0.717, 1.165) is 33.8 Å². The molecule has 0 aliphatic heterocycles. The van der Waals surface area contributed by atoms with E-state index in [9.17, 15) is 4.79 Å². The van der Waals surface area contributed by atoms with E-state index in [1.54, 1.807) is 0 Å². The molecule has 2 aromatic heterocycles. The van der Waals surface area contributed by atoms with Crippen molar-refractivity contribution in [2.75, 3.05) is 5.32 Å². The molecule has 0 aliphatic rings. The highest BCUT2D eigenvalue weighted by Gasteiger charge is 2.10. The molecule has 0 spiro atoms. The van der Waals surface area contributed by atoms with Crippen LogP contribution in [0.5, 0.6) is 0 Å². The topological polar surface area (TPSA) is 46.4 Å². The van der Waals surface area contributed by atoms with Crippen LogP contribution in [-0.2, 0) is 11.2 Å². The number of imidazole rings is 1. The minimum atomic E-state index is 0.0280. The molecule has 1 aromatic carbocycles. The van der Waals surface area contributed by atoms with Gasteiger partial charge in [0.25, 0.3) is 0 Å². The monoisotopic (exact) mass is 307 g/mol. The summed E-state index contributed by atoms with van der Waals surface area (Å²) in [7, 11) is 0. The van der Waals surface area contributed by atoms with Gasteiger partial charge in [-0.15, -0.1) is 0 Å². The van der Waals surface area contributed by atoms with Gasteiger partial charge in [-0.25, -0.2) is 4.98 Å². The highest BCUT2D eigenvalue weighted by atomic mass is 16.1. The lowest BCUT2D eigenvalue weighted by molar-refractivity contribution is -0.116. The Labute approximate surface area is 136 Å². The van der Waals surface area contributed by atoms with E-state index in [0.29, 0.717) is 12.8 Å². The zero-order valence-electron chi connectivity index (χ0n) is 13.8. The van der Waals surface area contributed by atoms with Gasteiger partial charge >= 0.3 is 0 Å². The molecule has 4 heteroatoms. The first-order valence-corrected chi connectivity index (χ1v) is 7.83. The zero-order valence-corrected chi connectivity index (χ0v) is 13.8. The minimum absolute atomic E-state index is 0.0280. The van der Waals surface area contributed by atoms with Crippen LogP contribution in [0.25, 0.3) is 5.65 Å². The fourth-order valence-corrected chi connectivity index (χ4v) is 2.97. The number of carbonyl (C=O) groups is 1. The summed E-state index contributed by atoms with van der Waals surface area (Å²) in [6.45, 7) is 6.05. The van der Waals surface area contributed by atoms with Crippen LogP contribution in [0.4, 0.5) is 5.69 Å². The summed E-state index contributed by atoms with van der Waals surface area (Å²) in [6, 6.07) is 12.0. The Bertz CT molecular complexity index is 844. The van der Waals surface area contributed by atoms with Crippen molar-refractivity contribution in [3.63, 3.8) is 0 Å². The van der Waals surface area contributed by atoms with E-state index < -0.39 is 0 Å². The molecule has 4 nitrogen and oxygen atoms in total. The van der Waals surface area contributed by atoms with Crippen molar-refractivity contribution in [3.05, 3.63) is 65.1 Å². The van der Waals surface area contributed by atoms with Gasteiger partial charge in [-0.2, -0.15) is 0 Å². The lowest BCUT2D eigenvalue weighted by Gasteiger charge is -2.08. The number of hydrogen-bond donors (Lipinski definition) is 1. The van der Waals surface area contributed by atoms with Gasteiger partial charge in [0, 0.05) is 24.0 Å². The van der Waals surface area contributed by atoms with Crippen molar-refractivity contribution in [2.45, 2.75) is 33.6 Å². The molecule has 0 aliphatic carbocycles. The molecule has 0 radical (unpaired) electrons. The molecule has 0 bridgehead atoms. The van der Waals surface area contributed by atoms with E-state index in [4.69, 9.17) is 0 Å². The molecule has 0 fully saturated rings. The number of pyridine rings is 1. The van der Waals surface area contributed by atoms with Gasteiger partial charge in [-0.3, -0.25) is 4.79 Å². The molecule has 1 amide bonds. The standard InChI is InChI=1S/C19H21N3O/c1-13-10-14(2)12-16(11-13)21-19(23)8-7-17-15(3)20-18-6-4-5-9-22(17)18/h4-6,9-12H,7-8H2,1-3H3,(H,21,23). The third-order valence-electron chi connectivity index (χ3n) is 3.92. The summed E-state index contributed by atoms with van der Waals surface area (Å²) in [5, 5.41) is 2.98. The van der Waals surface area contributed by atoms with E-state index in [1.165, 1.54) is 0 Å². The van der Waals surface area contributed by atoms with Crippen LogP contribution in [0.1, 0.15) is 28.9 Å². The first-order chi connectivity index (χ1) is 11.0. The van der Waals surface area contributed by atoms with Gasteiger partial charge in [-0.05, 0) is 62.6 Å². The van der Waals surface area contributed by atoms with E-state index >= 15 is 0 Å². The zero-order chi connectivity index (χ0) is 16.4. The normalized spacial score (nSPS) is 10.9. The summed E-state index contributed by atoms with van der Waals surface area (Å²) in [6.07, 6.45) is 3.11. The molecule has 2 heterocycles. The fraction of sp³-hybridized carbons (Fsp3) is 0.263. The van der Waals surface area contributed by atoms with Crippen molar-refractivity contribution >= 4 is 17.2 Å². The van der Waals surface area contributed by atoms with Gasteiger partial charge < -0.3 is 9.72 Å². The quantitative estimate of drug-likeness (QED) is 0.796. The highest BCUT2D eigenvalue weighted by molar-refractivity contribution is 5.91. The van der Waals surface area contributed by atoms with Crippen molar-refractivity contribution in [3.8, 4) is 0 Å². The molecule has 0 atom stereocenters. The molecule has 118 valence electrons. The van der Waals surface area contributed by atoms with E-state index in [2.05, 4.69) is 20.8 Å². The predicted molar refractivity (Wildman–Crippen MR) is 92.8 cm³/mol. The number of carbonyl (C=O) groups excluding carboxylic acids is 1. The molecular formula is C19H21N3O. The number of hydrogen-bond acceptors (Lipinski definition) is 2. The molecule has 1 N–H and O–H groups in total. The third kappa shape index (κ3) is 3.42. The number of rotatable bonds is 4. The maximum atomic E-state index is 12.2. The second kappa shape index (κ2) is 6.24. The summed E-state index contributed by atoms with van der Waals surface area (Å²) in [4.78, 5) is 16.8. The van der Waals surface area contributed by atoms with Crippen molar-refractivity contribution < 1.29 is 4.79 Å². The Hall–Kier alpha value is -2.62. The molecule has 3 aromatic rings. The molecule has 0 saturated carbocycles. The predicted octanol–water partition coefficient (Wildman–Crippen LogP) is 3.83. The number of aryl methyl sites for hydroxylation is 4.